The Morgan fingerprint density at radius 1 is 1.34 bits per heavy atom. The number of nitriles is 1. The van der Waals surface area contributed by atoms with Gasteiger partial charge in [-0.2, -0.15) is 10.4 Å². The Morgan fingerprint density at radius 3 is 2.72 bits per heavy atom. The molecule has 1 aromatic carbocycles. The number of aryl methyl sites for hydroxylation is 2. The molecule has 0 saturated heterocycles. The lowest BCUT2D eigenvalue weighted by Gasteiger charge is -2.18. The van der Waals surface area contributed by atoms with E-state index in [0.29, 0.717) is 21.7 Å². The van der Waals surface area contributed by atoms with Crippen LogP contribution < -0.4 is 10.9 Å². The number of hydrogen-bond donors (Lipinski definition) is 1. The van der Waals surface area contributed by atoms with E-state index in [1.54, 1.807) is 19.2 Å². The highest BCUT2D eigenvalue weighted by Gasteiger charge is 2.25. The van der Waals surface area contributed by atoms with Crippen LogP contribution in [0.15, 0.2) is 41.6 Å². The smallest absolute Gasteiger partial charge is 0.263 e. The summed E-state index contributed by atoms with van der Waals surface area (Å²) in [4.78, 5) is 32.7. The number of carbonyl (C=O) groups excluding carboxylic acids is 1. The second-order valence-corrected chi connectivity index (χ2v) is 8.87. The van der Waals surface area contributed by atoms with Gasteiger partial charge in [0.05, 0.1) is 17.9 Å². The molecule has 32 heavy (non-hydrogen) atoms. The van der Waals surface area contributed by atoms with Crippen molar-refractivity contribution in [3.05, 3.63) is 62.6 Å². The predicted molar refractivity (Wildman–Crippen MR) is 125 cm³/mol. The molecule has 162 valence electrons. The van der Waals surface area contributed by atoms with Crippen molar-refractivity contribution in [2.45, 2.75) is 26.3 Å². The van der Waals surface area contributed by atoms with Gasteiger partial charge in [-0.05, 0) is 31.0 Å². The molecular formula is C22H19ClN6O2S. The van der Waals surface area contributed by atoms with Crippen molar-refractivity contribution in [2.24, 2.45) is 7.05 Å². The van der Waals surface area contributed by atoms with E-state index < -0.39 is 11.9 Å². The van der Waals surface area contributed by atoms with Gasteiger partial charge in [0, 0.05) is 22.5 Å². The fourth-order valence-electron chi connectivity index (χ4n) is 3.68. The first-order valence-corrected chi connectivity index (χ1v) is 11.0. The van der Waals surface area contributed by atoms with E-state index in [2.05, 4.69) is 15.4 Å². The van der Waals surface area contributed by atoms with Crippen LogP contribution >= 0.6 is 22.9 Å². The SMILES string of the molecule is CCC(C(=O)Nc1c(C#N)cnn1C)n1cnc2sc(C)c(-c3ccc(Cl)cc3)c2c1=O. The zero-order valence-electron chi connectivity index (χ0n) is 17.6. The predicted octanol–water partition coefficient (Wildman–Crippen LogP) is 4.28. The molecule has 4 aromatic rings. The lowest BCUT2D eigenvalue weighted by atomic mass is 10.0. The Balaban J connectivity index is 1.80. The number of thiophene rings is 1. The van der Waals surface area contributed by atoms with E-state index in [4.69, 9.17) is 11.6 Å². The van der Waals surface area contributed by atoms with Crippen LogP contribution in [0.1, 0.15) is 29.8 Å². The minimum atomic E-state index is -0.806. The summed E-state index contributed by atoms with van der Waals surface area (Å²) in [5, 5.41) is 17.1. The second kappa shape index (κ2) is 8.57. The number of nitrogens with one attached hydrogen (secondary N) is 1. The van der Waals surface area contributed by atoms with E-state index in [9.17, 15) is 14.9 Å². The first-order chi connectivity index (χ1) is 15.3. The molecule has 0 fully saturated rings. The van der Waals surface area contributed by atoms with Crippen LogP contribution in [0.25, 0.3) is 21.3 Å². The van der Waals surface area contributed by atoms with E-state index in [-0.39, 0.29) is 16.9 Å². The van der Waals surface area contributed by atoms with Gasteiger partial charge in [-0.25, -0.2) is 4.98 Å². The minimum Gasteiger partial charge on any atom is -0.308 e. The normalized spacial score (nSPS) is 12.0. The summed E-state index contributed by atoms with van der Waals surface area (Å²) in [6.45, 7) is 3.75. The Morgan fingerprint density at radius 2 is 2.06 bits per heavy atom. The topological polar surface area (TPSA) is 106 Å². The standard InChI is InChI=1S/C22H19ClN6O2S/c1-4-16(20(30)27-19-14(9-24)10-26-28(19)3)29-11-25-21-18(22(29)31)17(12(2)32-21)13-5-7-15(23)8-6-13/h5-8,10-11,16H,4H2,1-3H3,(H,27,30). The summed E-state index contributed by atoms with van der Waals surface area (Å²) < 4.78 is 2.76. The molecule has 0 spiro atoms. The third kappa shape index (κ3) is 3.68. The van der Waals surface area contributed by atoms with Crippen LogP contribution in [0, 0.1) is 18.3 Å². The van der Waals surface area contributed by atoms with Crippen molar-refractivity contribution in [1.29, 1.82) is 5.26 Å². The number of rotatable bonds is 5. The summed E-state index contributed by atoms with van der Waals surface area (Å²) in [7, 11) is 1.63. The molecule has 0 radical (unpaired) electrons. The Hall–Kier alpha value is -3.48. The number of amides is 1. The highest BCUT2D eigenvalue weighted by Crippen LogP contribution is 2.36. The van der Waals surface area contributed by atoms with Crippen LogP contribution in [-0.2, 0) is 11.8 Å². The third-order valence-corrected chi connectivity index (χ3v) is 6.54. The molecule has 8 nitrogen and oxygen atoms in total. The number of fused-ring (bicyclic) bond motifs is 1. The number of carbonyl (C=O) groups is 1. The maximum absolute atomic E-state index is 13.6. The molecular weight excluding hydrogens is 448 g/mol. The summed E-state index contributed by atoms with van der Waals surface area (Å²) in [5.41, 5.74) is 1.61. The van der Waals surface area contributed by atoms with Crippen molar-refractivity contribution >= 4 is 44.9 Å². The van der Waals surface area contributed by atoms with Gasteiger partial charge in [-0.1, -0.05) is 30.7 Å². The molecule has 0 aliphatic heterocycles. The van der Waals surface area contributed by atoms with E-state index in [0.717, 1.165) is 16.0 Å². The molecule has 3 aromatic heterocycles. The first kappa shape index (κ1) is 21.7. The van der Waals surface area contributed by atoms with Crippen LogP contribution in [0.2, 0.25) is 5.02 Å². The van der Waals surface area contributed by atoms with Gasteiger partial charge < -0.3 is 5.32 Å². The van der Waals surface area contributed by atoms with Crippen LogP contribution in [-0.4, -0.2) is 25.2 Å². The minimum absolute atomic E-state index is 0.245. The Labute approximate surface area is 192 Å². The molecule has 3 heterocycles. The number of anilines is 1. The monoisotopic (exact) mass is 466 g/mol. The maximum Gasteiger partial charge on any atom is 0.263 e. The fraction of sp³-hybridized carbons (Fsp3) is 0.227. The van der Waals surface area contributed by atoms with Crippen molar-refractivity contribution in [3.63, 3.8) is 0 Å². The van der Waals surface area contributed by atoms with Crippen LogP contribution in [0.4, 0.5) is 5.82 Å². The lowest BCUT2D eigenvalue weighted by Crippen LogP contribution is -2.33. The van der Waals surface area contributed by atoms with Crippen molar-refractivity contribution in [3.8, 4) is 17.2 Å². The summed E-state index contributed by atoms with van der Waals surface area (Å²) in [6.07, 6.45) is 3.15. The van der Waals surface area contributed by atoms with Crippen LogP contribution in [0.3, 0.4) is 0 Å². The van der Waals surface area contributed by atoms with Gasteiger partial charge in [0.2, 0.25) is 5.91 Å². The van der Waals surface area contributed by atoms with Gasteiger partial charge in [-0.3, -0.25) is 18.8 Å². The van der Waals surface area contributed by atoms with Crippen molar-refractivity contribution < 1.29 is 4.79 Å². The Bertz CT molecular complexity index is 1430. The zero-order valence-corrected chi connectivity index (χ0v) is 19.2. The van der Waals surface area contributed by atoms with Crippen molar-refractivity contribution in [1.82, 2.24) is 19.3 Å². The van der Waals surface area contributed by atoms with E-state index in [1.165, 1.54) is 33.1 Å². The summed E-state index contributed by atoms with van der Waals surface area (Å²) in [6, 6.07) is 8.47. The average molecular weight is 467 g/mol. The maximum atomic E-state index is 13.6. The number of benzene rings is 1. The zero-order chi connectivity index (χ0) is 23.0. The second-order valence-electron chi connectivity index (χ2n) is 7.23. The average Bonchev–Trinajstić information content (AvgIpc) is 3.30. The van der Waals surface area contributed by atoms with Gasteiger partial charge in [0.15, 0.2) is 0 Å². The van der Waals surface area contributed by atoms with Gasteiger partial charge >= 0.3 is 0 Å². The van der Waals surface area contributed by atoms with Gasteiger partial charge in [-0.15, -0.1) is 11.3 Å². The third-order valence-electron chi connectivity index (χ3n) is 5.27. The Kier molecular flexibility index (Phi) is 5.82. The lowest BCUT2D eigenvalue weighted by molar-refractivity contribution is -0.119. The number of nitrogens with zero attached hydrogens (tertiary/aromatic N) is 5. The van der Waals surface area contributed by atoms with E-state index >= 15 is 0 Å². The molecule has 0 bridgehead atoms. The molecule has 1 atom stereocenters. The highest BCUT2D eigenvalue weighted by atomic mass is 35.5. The highest BCUT2D eigenvalue weighted by molar-refractivity contribution is 7.19. The van der Waals surface area contributed by atoms with Gasteiger partial charge in [0.25, 0.3) is 5.56 Å². The molecule has 1 amide bonds. The molecule has 1 unspecified atom stereocenters. The first-order valence-electron chi connectivity index (χ1n) is 9.84. The van der Waals surface area contributed by atoms with Crippen molar-refractivity contribution in [2.75, 3.05) is 5.32 Å². The molecule has 1 N–H and O–H groups in total. The summed E-state index contributed by atoms with van der Waals surface area (Å²) >= 11 is 7.46. The largest absolute Gasteiger partial charge is 0.308 e. The van der Waals surface area contributed by atoms with Crippen LogP contribution in [0.5, 0.6) is 0 Å². The molecule has 0 aliphatic carbocycles. The van der Waals surface area contributed by atoms with E-state index in [1.807, 2.05) is 32.0 Å². The number of hydrogen-bond acceptors (Lipinski definition) is 6. The quantitative estimate of drug-likeness (QED) is 0.472. The number of aromatic nitrogens is 4. The molecule has 0 saturated carbocycles. The molecule has 0 aliphatic rings. The molecule has 4 rings (SSSR count). The summed E-state index contributed by atoms with van der Waals surface area (Å²) in [5.74, 6) is -0.137. The molecule has 10 heteroatoms. The number of halogens is 1. The van der Waals surface area contributed by atoms with Gasteiger partial charge in [0.1, 0.15) is 28.3 Å². The fourth-order valence-corrected chi connectivity index (χ4v) is 4.81.